The number of benzene rings is 1. The largest absolute Gasteiger partial charge is 0.392 e. The van der Waals surface area contributed by atoms with Gasteiger partial charge in [0.15, 0.2) is 0 Å². The smallest absolute Gasteiger partial charge is 0.0677 e. The predicted molar refractivity (Wildman–Crippen MR) is 90.0 cm³/mol. The maximum absolute atomic E-state index is 9.90. The SMILES string of the molecule is CC.NCCCc1cccc(C#CC2CCCCC2O)c1. The second kappa shape index (κ2) is 10.4. The Morgan fingerprint density at radius 2 is 2.00 bits per heavy atom. The monoisotopic (exact) mass is 287 g/mol. The van der Waals surface area contributed by atoms with Gasteiger partial charge in [-0.3, -0.25) is 0 Å². The molecule has 1 saturated carbocycles. The lowest BCUT2D eigenvalue weighted by atomic mass is 9.87. The zero-order valence-corrected chi connectivity index (χ0v) is 13.4. The molecule has 3 N–H and O–H groups in total. The van der Waals surface area contributed by atoms with E-state index in [2.05, 4.69) is 24.0 Å². The molecule has 0 bridgehead atoms. The van der Waals surface area contributed by atoms with Gasteiger partial charge in [-0.25, -0.2) is 0 Å². The summed E-state index contributed by atoms with van der Waals surface area (Å²) in [5.41, 5.74) is 7.87. The summed E-state index contributed by atoms with van der Waals surface area (Å²) in [5.74, 6) is 6.62. The molecule has 0 heterocycles. The van der Waals surface area contributed by atoms with Gasteiger partial charge < -0.3 is 10.8 Å². The van der Waals surface area contributed by atoms with Crippen molar-refractivity contribution in [1.29, 1.82) is 0 Å². The maximum atomic E-state index is 9.90. The average Bonchev–Trinajstić information content (AvgIpc) is 2.54. The molecule has 0 spiro atoms. The van der Waals surface area contributed by atoms with Crippen LogP contribution in [-0.2, 0) is 6.42 Å². The molecule has 0 amide bonds. The molecule has 1 aliphatic rings. The van der Waals surface area contributed by atoms with Gasteiger partial charge in [-0.1, -0.05) is 50.7 Å². The second-order valence-electron chi connectivity index (χ2n) is 5.32. The van der Waals surface area contributed by atoms with Crippen LogP contribution in [0.1, 0.15) is 57.1 Å². The number of aliphatic hydroxyl groups is 1. The van der Waals surface area contributed by atoms with E-state index in [9.17, 15) is 5.11 Å². The van der Waals surface area contributed by atoms with Crippen LogP contribution in [0.2, 0.25) is 0 Å². The minimum atomic E-state index is -0.235. The summed E-state index contributed by atoms with van der Waals surface area (Å²) in [7, 11) is 0. The van der Waals surface area contributed by atoms with Crippen molar-refractivity contribution < 1.29 is 5.11 Å². The van der Waals surface area contributed by atoms with Crippen LogP contribution in [0, 0.1) is 17.8 Å². The van der Waals surface area contributed by atoms with E-state index in [1.54, 1.807) is 0 Å². The van der Waals surface area contributed by atoms with E-state index in [4.69, 9.17) is 5.73 Å². The normalized spacial score (nSPS) is 20.8. The second-order valence-corrected chi connectivity index (χ2v) is 5.32. The standard InChI is InChI=1S/C17H23NO.C2H6/c18-12-4-7-14-5-3-6-15(13-14)10-11-16-8-1-2-9-17(16)19;1-2/h3,5-6,13,16-17,19H,1-2,4,7-9,12,18H2;1-2H3. The minimum absolute atomic E-state index is 0.154. The van der Waals surface area contributed by atoms with E-state index in [1.807, 2.05) is 26.0 Å². The van der Waals surface area contributed by atoms with Gasteiger partial charge in [-0.05, 0) is 49.9 Å². The first-order chi connectivity index (χ1) is 10.3. The highest BCUT2D eigenvalue weighted by Crippen LogP contribution is 2.23. The first kappa shape index (κ1) is 17.8. The van der Waals surface area contributed by atoms with Crippen molar-refractivity contribution in [3.63, 3.8) is 0 Å². The fourth-order valence-electron chi connectivity index (χ4n) is 2.57. The van der Waals surface area contributed by atoms with E-state index in [-0.39, 0.29) is 12.0 Å². The summed E-state index contributed by atoms with van der Waals surface area (Å²) in [6, 6.07) is 8.34. The van der Waals surface area contributed by atoms with Crippen molar-refractivity contribution in [3.8, 4) is 11.8 Å². The summed E-state index contributed by atoms with van der Waals surface area (Å²) in [5, 5.41) is 9.90. The fraction of sp³-hybridized carbons (Fsp3) is 0.579. The van der Waals surface area contributed by atoms with E-state index < -0.39 is 0 Å². The highest BCUT2D eigenvalue weighted by atomic mass is 16.3. The summed E-state index contributed by atoms with van der Waals surface area (Å²) in [6.45, 7) is 4.73. The maximum Gasteiger partial charge on any atom is 0.0677 e. The Morgan fingerprint density at radius 3 is 2.71 bits per heavy atom. The van der Waals surface area contributed by atoms with Crippen molar-refractivity contribution in [2.45, 2.75) is 58.5 Å². The molecule has 0 saturated heterocycles. The molecule has 0 radical (unpaired) electrons. The van der Waals surface area contributed by atoms with E-state index in [0.717, 1.165) is 44.2 Å². The summed E-state index contributed by atoms with van der Waals surface area (Å²) >= 11 is 0. The van der Waals surface area contributed by atoms with Crippen LogP contribution in [0.15, 0.2) is 24.3 Å². The highest BCUT2D eigenvalue weighted by molar-refractivity contribution is 5.37. The van der Waals surface area contributed by atoms with E-state index >= 15 is 0 Å². The van der Waals surface area contributed by atoms with Gasteiger partial charge in [0, 0.05) is 11.5 Å². The lowest BCUT2D eigenvalue weighted by molar-refractivity contribution is 0.0970. The van der Waals surface area contributed by atoms with Gasteiger partial charge in [0.25, 0.3) is 0 Å². The first-order valence-corrected chi connectivity index (χ1v) is 8.28. The molecule has 0 aromatic heterocycles. The van der Waals surface area contributed by atoms with Gasteiger partial charge in [0.2, 0.25) is 0 Å². The Morgan fingerprint density at radius 1 is 1.24 bits per heavy atom. The van der Waals surface area contributed by atoms with Crippen LogP contribution >= 0.6 is 0 Å². The van der Waals surface area contributed by atoms with Crippen LogP contribution in [0.25, 0.3) is 0 Å². The Hall–Kier alpha value is -1.30. The third-order valence-corrected chi connectivity index (χ3v) is 3.73. The summed E-state index contributed by atoms with van der Waals surface area (Å²) < 4.78 is 0. The summed E-state index contributed by atoms with van der Waals surface area (Å²) in [4.78, 5) is 0. The van der Waals surface area contributed by atoms with Crippen molar-refractivity contribution in [2.75, 3.05) is 6.54 Å². The van der Waals surface area contributed by atoms with Gasteiger partial charge in [-0.15, -0.1) is 0 Å². The molecular weight excluding hydrogens is 258 g/mol. The molecule has 2 nitrogen and oxygen atoms in total. The zero-order chi connectivity index (χ0) is 15.5. The number of rotatable bonds is 3. The van der Waals surface area contributed by atoms with Crippen molar-refractivity contribution in [3.05, 3.63) is 35.4 Å². The van der Waals surface area contributed by atoms with Gasteiger partial charge in [0.1, 0.15) is 0 Å². The first-order valence-electron chi connectivity index (χ1n) is 8.28. The quantitative estimate of drug-likeness (QED) is 0.836. The number of nitrogens with two attached hydrogens (primary N) is 1. The van der Waals surface area contributed by atoms with Crippen LogP contribution in [0.3, 0.4) is 0 Å². The van der Waals surface area contributed by atoms with Gasteiger partial charge >= 0.3 is 0 Å². The van der Waals surface area contributed by atoms with Crippen molar-refractivity contribution in [1.82, 2.24) is 0 Å². The van der Waals surface area contributed by atoms with E-state index in [1.165, 1.54) is 12.0 Å². The Balaban J connectivity index is 0.00000106. The zero-order valence-electron chi connectivity index (χ0n) is 13.4. The number of aryl methyl sites for hydroxylation is 1. The summed E-state index contributed by atoms with van der Waals surface area (Å²) in [6.07, 6.45) is 6.04. The molecule has 21 heavy (non-hydrogen) atoms. The van der Waals surface area contributed by atoms with Crippen molar-refractivity contribution >= 4 is 0 Å². The topological polar surface area (TPSA) is 46.2 Å². The number of hydrogen-bond donors (Lipinski definition) is 2. The highest BCUT2D eigenvalue weighted by Gasteiger charge is 2.20. The molecule has 2 heteroatoms. The minimum Gasteiger partial charge on any atom is -0.392 e. The molecule has 116 valence electrons. The third kappa shape index (κ3) is 6.33. The predicted octanol–water partition coefficient (Wildman–Crippen LogP) is 3.51. The van der Waals surface area contributed by atoms with E-state index in [0.29, 0.717) is 0 Å². The molecular formula is C19H29NO. The molecule has 1 fully saturated rings. The lowest BCUT2D eigenvalue weighted by Gasteiger charge is -2.22. The van der Waals surface area contributed by atoms with Crippen LogP contribution in [-0.4, -0.2) is 17.8 Å². The molecule has 2 unspecified atom stereocenters. The molecule has 0 aliphatic heterocycles. The molecule has 1 aromatic rings. The Labute approximate surface area is 129 Å². The number of aliphatic hydroxyl groups excluding tert-OH is 1. The Bertz CT molecular complexity index is 458. The van der Waals surface area contributed by atoms with Gasteiger partial charge in [0.05, 0.1) is 6.10 Å². The molecule has 1 aliphatic carbocycles. The molecule has 2 rings (SSSR count). The average molecular weight is 287 g/mol. The third-order valence-electron chi connectivity index (χ3n) is 3.73. The Kier molecular flexibility index (Phi) is 8.82. The van der Waals surface area contributed by atoms with Crippen LogP contribution < -0.4 is 5.73 Å². The number of hydrogen-bond acceptors (Lipinski definition) is 2. The van der Waals surface area contributed by atoms with Crippen LogP contribution in [0.5, 0.6) is 0 Å². The lowest BCUT2D eigenvalue weighted by Crippen LogP contribution is -2.22. The fourth-order valence-corrected chi connectivity index (χ4v) is 2.57. The van der Waals surface area contributed by atoms with Crippen LogP contribution in [0.4, 0.5) is 0 Å². The van der Waals surface area contributed by atoms with Gasteiger partial charge in [-0.2, -0.15) is 0 Å². The molecule has 1 aromatic carbocycles. The molecule has 2 atom stereocenters. The van der Waals surface area contributed by atoms with Crippen molar-refractivity contribution in [2.24, 2.45) is 11.7 Å².